The molecule has 6 nitrogen and oxygen atoms in total. The van der Waals surface area contributed by atoms with E-state index in [1.807, 2.05) is 54.6 Å². The van der Waals surface area contributed by atoms with Crippen LogP contribution in [-0.2, 0) is 55.2 Å². The molecule has 0 aromatic carbocycles. The number of ether oxygens (including phenoxy) is 3. The molecule has 3 aromatic rings. The van der Waals surface area contributed by atoms with Crippen molar-refractivity contribution >= 4 is 47.1 Å². The zero-order chi connectivity index (χ0) is 25.9. The molecule has 35 heavy (non-hydrogen) atoms. The number of pyridine rings is 3. The van der Waals surface area contributed by atoms with Crippen molar-refractivity contribution in [2.75, 3.05) is 21.3 Å². The van der Waals surface area contributed by atoms with Gasteiger partial charge in [-0.15, -0.1) is 0 Å². The van der Waals surface area contributed by atoms with Crippen LogP contribution in [0.5, 0.6) is 0 Å². The fraction of sp³-hybridized carbons (Fsp3) is 0.286. The SMILES string of the molecule is COCc1ccccn1.C[OH+]Cc1ccccn1.C[OH+]Cc1ccccn1.[Cl-].[Cl][Mo]([Cl])[Cl].[Cl][Mo][Cl]. The minimum atomic E-state index is -1.94. The minimum absolute atomic E-state index is 0. The zero-order valence-electron chi connectivity index (χ0n) is 19.3. The molecule has 0 aliphatic rings. The van der Waals surface area contributed by atoms with E-state index in [-0.39, 0.29) is 12.4 Å². The summed E-state index contributed by atoms with van der Waals surface area (Å²) < 4.78 is 12.8. The van der Waals surface area contributed by atoms with Crippen LogP contribution in [0.15, 0.2) is 73.2 Å². The van der Waals surface area contributed by atoms with E-state index in [0.717, 1.165) is 30.3 Å². The molecule has 3 rings (SSSR count). The monoisotopic (exact) mass is 777 g/mol. The molecule has 0 saturated heterocycles. The molecule has 14 heteroatoms. The van der Waals surface area contributed by atoms with Crippen LogP contribution in [0.3, 0.4) is 0 Å². The Kier molecular flexibility index (Phi) is 37.1. The Morgan fingerprint density at radius 1 is 0.743 bits per heavy atom. The quantitative estimate of drug-likeness (QED) is 0.285. The van der Waals surface area contributed by atoms with E-state index in [0.29, 0.717) is 6.61 Å². The third-order valence-corrected chi connectivity index (χ3v) is 3.11. The second-order valence-electron chi connectivity index (χ2n) is 5.58. The van der Waals surface area contributed by atoms with Crippen molar-refractivity contribution in [2.45, 2.75) is 19.8 Å². The topological polar surface area (TPSA) is 73.5 Å². The predicted molar refractivity (Wildman–Crippen MR) is 136 cm³/mol. The van der Waals surface area contributed by atoms with Gasteiger partial charge >= 0.3 is 77.8 Å². The Hall–Kier alpha value is 0.447. The van der Waals surface area contributed by atoms with E-state index in [2.05, 4.69) is 24.4 Å². The summed E-state index contributed by atoms with van der Waals surface area (Å²) in [4.78, 5) is 12.2. The molecular weight excluding hydrogens is 747 g/mol. The van der Waals surface area contributed by atoms with E-state index in [1.54, 1.807) is 39.9 Å². The van der Waals surface area contributed by atoms with Gasteiger partial charge < -0.3 is 26.6 Å². The Balaban J connectivity index is -0.000000383. The molecule has 199 valence electrons. The molecule has 3 aromatic heterocycles. The standard InChI is InChI=1S/3C7H9NO.6ClH.2Mo/c3*1-9-6-7-4-2-3-5-8-7;;;;;;;;/h3*2-5H,6H2,1H3;6*1H;;/q;;;;;;;;;+2;+3/p-4. The first-order valence-electron chi connectivity index (χ1n) is 9.37. The Labute approximate surface area is 248 Å². The molecule has 0 aliphatic heterocycles. The van der Waals surface area contributed by atoms with E-state index < -0.39 is 30.7 Å². The van der Waals surface area contributed by atoms with Crippen LogP contribution in [0.25, 0.3) is 0 Å². The van der Waals surface area contributed by atoms with Crippen molar-refractivity contribution in [3.8, 4) is 0 Å². The molecular formula is C21H29Cl6Mo2N3O3+. The Bertz CT molecular complexity index is 673. The molecule has 0 radical (unpaired) electrons. The van der Waals surface area contributed by atoms with Gasteiger partial charge in [-0.3, -0.25) is 15.0 Å². The molecule has 0 spiro atoms. The third-order valence-electron chi connectivity index (χ3n) is 3.11. The maximum atomic E-state index is 4.98. The van der Waals surface area contributed by atoms with Gasteiger partial charge in [0.2, 0.25) is 0 Å². The molecule has 0 saturated carbocycles. The van der Waals surface area contributed by atoms with E-state index in [1.165, 1.54) is 0 Å². The second kappa shape index (κ2) is 32.5. The van der Waals surface area contributed by atoms with Gasteiger partial charge in [0.25, 0.3) is 0 Å². The summed E-state index contributed by atoms with van der Waals surface area (Å²) in [6.45, 7) is 2.04. The summed E-state index contributed by atoms with van der Waals surface area (Å²) in [5, 5.41) is 0. The molecule has 0 fully saturated rings. The first-order chi connectivity index (χ1) is 16.4. The number of halogens is 6. The fourth-order valence-corrected chi connectivity index (χ4v) is 1.94. The van der Waals surface area contributed by atoms with Crippen LogP contribution in [0.2, 0.25) is 0 Å². The summed E-state index contributed by atoms with van der Waals surface area (Å²) in [5.74, 6) is 0. The van der Waals surface area contributed by atoms with Crippen LogP contribution < -0.4 is 12.4 Å². The van der Waals surface area contributed by atoms with Gasteiger partial charge in [0.15, 0.2) is 13.2 Å². The summed E-state index contributed by atoms with van der Waals surface area (Å²) in [6.07, 6.45) is 5.31. The van der Waals surface area contributed by atoms with Crippen LogP contribution in [0, 0.1) is 0 Å². The zero-order valence-corrected chi connectivity index (χ0v) is 27.8. The number of nitrogens with zero attached hydrogens (tertiary/aromatic N) is 3. The van der Waals surface area contributed by atoms with Crippen molar-refractivity contribution in [1.82, 2.24) is 15.0 Å². The Morgan fingerprint density at radius 2 is 1.06 bits per heavy atom. The molecule has 0 unspecified atom stereocenters. The predicted octanol–water partition coefficient (Wildman–Crippen LogP) is 3.15. The number of hydrogen-bond donors (Lipinski definition) is 0. The number of aliphatic hydroxyl groups is 4. The fourth-order valence-electron chi connectivity index (χ4n) is 1.94. The number of methoxy groups -OCH3 is 1. The summed E-state index contributed by atoms with van der Waals surface area (Å²) in [6, 6.07) is 17.4. The van der Waals surface area contributed by atoms with Gasteiger partial charge in [0.1, 0.15) is 25.6 Å². The Morgan fingerprint density at radius 3 is 1.29 bits per heavy atom. The van der Waals surface area contributed by atoms with Crippen LogP contribution >= 0.6 is 47.1 Å². The summed E-state index contributed by atoms with van der Waals surface area (Å²) in [5.41, 5.74) is 3.03. The number of aromatic nitrogens is 3. The summed E-state index contributed by atoms with van der Waals surface area (Å²) >= 11 is -2.53. The van der Waals surface area contributed by atoms with Crippen molar-refractivity contribution in [1.29, 1.82) is 0 Å². The first-order valence-corrected chi connectivity index (χ1v) is 22.3. The van der Waals surface area contributed by atoms with E-state index in [4.69, 9.17) is 51.8 Å². The molecule has 2 N–H and O–H groups in total. The maximum absolute atomic E-state index is 4.98. The van der Waals surface area contributed by atoms with Gasteiger partial charge in [-0.25, -0.2) is 0 Å². The number of hydrogen-bond acceptors (Lipinski definition) is 4. The number of rotatable bonds is 6. The van der Waals surface area contributed by atoms with Gasteiger partial charge in [0, 0.05) is 25.7 Å². The molecule has 0 atom stereocenters. The molecule has 0 aliphatic carbocycles. The normalized spacial score (nSPS) is 8.83. The van der Waals surface area contributed by atoms with Gasteiger partial charge in [-0.05, 0) is 36.4 Å². The van der Waals surface area contributed by atoms with E-state index in [9.17, 15) is 0 Å². The van der Waals surface area contributed by atoms with Crippen molar-refractivity contribution in [3.05, 3.63) is 90.3 Å². The van der Waals surface area contributed by atoms with Crippen molar-refractivity contribution < 1.29 is 57.3 Å². The molecule has 3 heterocycles. The first kappa shape index (κ1) is 40.0. The third kappa shape index (κ3) is 32.4. The van der Waals surface area contributed by atoms with Crippen molar-refractivity contribution in [2.24, 2.45) is 0 Å². The molecule has 0 amide bonds. The average molecular weight is 776 g/mol. The van der Waals surface area contributed by atoms with Gasteiger partial charge in [-0.1, -0.05) is 18.2 Å². The van der Waals surface area contributed by atoms with Crippen molar-refractivity contribution in [3.63, 3.8) is 0 Å². The van der Waals surface area contributed by atoms with Crippen LogP contribution in [0.4, 0.5) is 0 Å². The van der Waals surface area contributed by atoms with Gasteiger partial charge in [0.05, 0.1) is 12.3 Å². The molecule has 0 bridgehead atoms. The van der Waals surface area contributed by atoms with Crippen LogP contribution in [0.1, 0.15) is 17.1 Å². The second-order valence-corrected chi connectivity index (χ2v) is 17.8. The van der Waals surface area contributed by atoms with Crippen LogP contribution in [-0.4, -0.2) is 45.8 Å². The average Bonchev–Trinajstić information content (AvgIpc) is 2.83. The van der Waals surface area contributed by atoms with E-state index >= 15 is 0 Å². The summed E-state index contributed by atoms with van der Waals surface area (Å²) in [7, 11) is 29.9. The van der Waals surface area contributed by atoms with Gasteiger partial charge in [-0.2, -0.15) is 0 Å².